The molecule has 0 aliphatic carbocycles. The molecular weight excluding hydrogens is 324 g/mol. The first-order valence-electron chi connectivity index (χ1n) is 7.55. The molecule has 3 aromatic rings. The van der Waals surface area contributed by atoms with Gasteiger partial charge in [-0.2, -0.15) is 0 Å². The van der Waals surface area contributed by atoms with E-state index in [0.717, 1.165) is 0 Å². The molecule has 0 aromatic carbocycles. The van der Waals surface area contributed by atoms with Crippen LogP contribution in [0.15, 0.2) is 35.2 Å². The van der Waals surface area contributed by atoms with Crippen molar-refractivity contribution in [3.05, 3.63) is 42.2 Å². The van der Waals surface area contributed by atoms with Crippen molar-refractivity contribution in [2.45, 2.75) is 19.4 Å². The summed E-state index contributed by atoms with van der Waals surface area (Å²) in [6, 6.07) is 4.95. The van der Waals surface area contributed by atoms with E-state index in [9.17, 15) is 9.59 Å². The molecule has 0 spiro atoms. The van der Waals surface area contributed by atoms with Gasteiger partial charge in [0.2, 0.25) is 0 Å². The fraction of sp³-hybridized carbons (Fsp3) is 0.250. The molecule has 0 bridgehead atoms. The second kappa shape index (κ2) is 6.02. The van der Waals surface area contributed by atoms with Gasteiger partial charge < -0.3 is 21.2 Å². The molecule has 3 aromatic heterocycles. The Morgan fingerprint density at radius 2 is 2.16 bits per heavy atom. The number of imidazole rings is 1. The first kappa shape index (κ1) is 16.7. The van der Waals surface area contributed by atoms with E-state index in [4.69, 9.17) is 15.9 Å². The fourth-order valence-corrected chi connectivity index (χ4v) is 2.27. The second-order valence-electron chi connectivity index (χ2n) is 6.33. The lowest BCUT2D eigenvalue weighted by Crippen LogP contribution is -2.45. The Morgan fingerprint density at radius 1 is 1.40 bits per heavy atom. The third-order valence-electron chi connectivity index (χ3n) is 3.45. The van der Waals surface area contributed by atoms with Gasteiger partial charge in [0.1, 0.15) is 17.7 Å². The molecular formula is C16H18N6O3. The van der Waals surface area contributed by atoms with E-state index in [2.05, 4.69) is 15.3 Å². The lowest BCUT2D eigenvalue weighted by atomic mass is 10.1. The van der Waals surface area contributed by atoms with Crippen LogP contribution in [0.4, 0.5) is 0 Å². The molecule has 9 nitrogen and oxygen atoms in total. The molecule has 0 saturated heterocycles. The van der Waals surface area contributed by atoms with Crippen LogP contribution in [0.25, 0.3) is 17.1 Å². The predicted molar refractivity (Wildman–Crippen MR) is 89.8 cm³/mol. The van der Waals surface area contributed by atoms with Crippen LogP contribution < -0.4 is 16.8 Å². The van der Waals surface area contributed by atoms with Crippen molar-refractivity contribution in [3.63, 3.8) is 0 Å². The minimum Gasteiger partial charge on any atom is -0.463 e. The summed E-state index contributed by atoms with van der Waals surface area (Å²) in [4.78, 5) is 32.5. The van der Waals surface area contributed by atoms with Crippen LogP contribution in [-0.4, -0.2) is 38.3 Å². The number of rotatable bonds is 5. The summed E-state index contributed by atoms with van der Waals surface area (Å²) in [5.74, 6) is -0.666. The summed E-state index contributed by atoms with van der Waals surface area (Å²) in [5.41, 5.74) is 11.4. The van der Waals surface area contributed by atoms with Gasteiger partial charge >= 0.3 is 0 Å². The number of carbonyl (C=O) groups excluding carboxylic acids is 2. The van der Waals surface area contributed by atoms with Gasteiger partial charge in [0.15, 0.2) is 17.1 Å². The van der Waals surface area contributed by atoms with E-state index in [0.29, 0.717) is 11.5 Å². The Balaban J connectivity index is 2.12. The van der Waals surface area contributed by atoms with Crippen LogP contribution in [-0.2, 0) is 0 Å². The van der Waals surface area contributed by atoms with E-state index in [1.165, 1.54) is 17.0 Å². The topological polar surface area (TPSA) is 142 Å². The highest BCUT2D eigenvalue weighted by Gasteiger charge is 2.21. The van der Waals surface area contributed by atoms with Crippen LogP contribution >= 0.6 is 0 Å². The predicted octanol–water partition coefficient (Wildman–Crippen LogP) is 0.555. The molecule has 130 valence electrons. The highest BCUT2D eigenvalue weighted by Crippen LogP contribution is 2.21. The van der Waals surface area contributed by atoms with E-state index in [-0.39, 0.29) is 29.5 Å². The normalized spacial score (nSPS) is 11.6. The van der Waals surface area contributed by atoms with E-state index >= 15 is 0 Å². The van der Waals surface area contributed by atoms with Crippen LogP contribution in [0.5, 0.6) is 0 Å². The van der Waals surface area contributed by atoms with E-state index < -0.39 is 11.4 Å². The van der Waals surface area contributed by atoms with Gasteiger partial charge in [0, 0.05) is 12.1 Å². The first-order valence-corrected chi connectivity index (χ1v) is 7.55. The summed E-state index contributed by atoms with van der Waals surface area (Å²) in [7, 11) is 0. The number of carbonyl (C=O) groups is 2. The SMILES string of the molecule is CC(C)(N)CNC(=O)c1cc(-c2ccco2)nc2c(C(N)=O)ncn12. The zero-order valence-electron chi connectivity index (χ0n) is 13.8. The minimum absolute atomic E-state index is 0.0263. The molecule has 3 heterocycles. The van der Waals surface area contributed by atoms with E-state index in [1.807, 2.05) is 0 Å². The zero-order valence-corrected chi connectivity index (χ0v) is 13.8. The fourth-order valence-electron chi connectivity index (χ4n) is 2.27. The lowest BCUT2D eigenvalue weighted by molar-refractivity contribution is 0.0938. The molecule has 3 rings (SSSR count). The lowest BCUT2D eigenvalue weighted by Gasteiger charge is -2.19. The number of nitrogens with one attached hydrogen (secondary N) is 1. The largest absolute Gasteiger partial charge is 0.463 e. The Morgan fingerprint density at radius 3 is 2.76 bits per heavy atom. The Labute approximate surface area is 143 Å². The van der Waals surface area contributed by atoms with Crippen LogP contribution in [0, 0.1) is 0 Å². The Bertz CT molecular complexity index is 937. The maximum absolute atomic E-state index is 12.6. The summed E-state index contributed by atoms with van der Waals surface area (Å²) < 4.78 is 6.74. The number of amides is 2. The van der Waals surface area contributed by atoms with Gasteiger partial charge in [0.25, 0.3) is 11.8 Å². The first-order chi connectivity index (χ1) is 11.8. The summed E-state index contributed by atoms with van der Waals surface area (Å²) in [6.45, 7) is 3.86. The average Bonchev–Trinajstić information content (AvgIpc) is 3.19. The molecule has 5 N–H and O–H groups in total. The van der Waals surface area contributed by atoms with Gasteiger partial charge in [-0.15, -0.1) is 0 Å². The maximum Gasteiger partial charge on any atom is 0.271 e. The number of aromatic nitrogens is 3. The number of nitrogens with zero attached hydrogens (tertiary/aromatic N) is 3. The molecule has 0 aliphatic rings. The minimum atomic E-state index is -0.735. The smallest absolute Gasteiger partial charge is 0.271 e. The summed E-state index contributed by atoms with van der Waals surface area (Å²) in [6.07, 6.45) is 2.82. The quantitative estimate of drug-likeness (QED) is 0.618. The van der Waals surface area contributed by atoms with Gasteiger partial charge in [-0.1, -0.05) is 0 Å². The second-order valence-corrected chi connectivity index (χ2v) is 6.33. The van der Waals surface area contributed by atoms with Crippen molar-refractivity contribution >= 4 is 17.5 Å². The van der Waals surface area contributed by atoms with Crippen molar-refractivity contribution in [1.29, 1.82) is 0 Å². The molecule has 9 heteroatoms. The van der Waals surface area contributed by atoms with Gasteiger partial charge in [-0.3, -0.25) is 14.0 Å². The standard InChI is InChI=1S/C16H18N6O3/c1-16(2,18)7-19-15(24)10-6-9(11-4-3-5-25-11)21-14-12(13(17)23)20-8-22(10)14/h3-6,8H,7,18H2,1-2H3,(H2,17,23)(H,19,24). The number of primary amides is 1. The summed E-state index contributed by atoms with van der Waals surface area (Å²) >= 11 is 0. The van der Waals surface area contributed by atoms with Crippen molar-refractivity contribution < 1.29 is 14.0 Å². The molecule has 0 unspecified atom stereocenters. The Kier molecular flexibility index (Phi) is 4.01. The average molecular weight is 342 g/mol. The number of fused-ring (bicyclic) bond motifs is 1. The Hall–Kier alpha value is -3.20. The van der Waals surface area contributed by atoms with Gasteiger partial charge in [0.05, 0.1) is 6.26 Å². The van der Waals surface area contributed by atoms with Crippen LogP contribution in [0.3, 0.4) is 0 Å². The van der Waals surface area contributed by atoms with Crippen LogP contribution in [0.1, 0.15) is 34.8 Å². The van der Waals surface area contributed by atoms with Crippen molar-refractivity contribution in [1.82, 2.24) is 19.7 Å². The molecule has 0 fully saturated rings. The van der Waals surface area contributed by atoms with Gasteiger partial charge in [-0.05, 0) is 32.0 Å². The number of furan rings is 1. The maximum atomic E-state index is 12.6. The summed E-state index contributed by atoms with van der Waals surface area (Å²) in [5, 5.41) is 2.75. The highest BCUT2D eigenvalue weighted by molar-refractivity contribution is 5.99. The van der Waals surface area contributed by atoms with Gasteiger partial charge in [-0.25, -0.2) is 9.97 Å². The monoisotopic (exact) mass is 342 g/mol. The molecule has 0 aliphatic heterocycles. The number of nitrogens with two attached hydrogens (primary N) is 2. The molecule has 0 radical (unpaired) electrons. The molecule has 2 amide bonds. The third-order valence-corrected chi connectivity index (χ3v) is 3.45. The molecule has 0 saturated carbocycles. The van der Waals surface area contributed by atoms with Crippen molar-refractivity contribution in [2.24, 2.45) is 11.5 Å². The van der Waals surface area contributed by atoms with Crippen molar-refractivity contribution in [2.75, 3.05) is 6.54 Å². The number of hydrogen-bond donors (Lipinski definition) is 3. The molecule has 25 heavy (non-hydrogen) atoms. The highest BCUT2D eigenvalue weighted by atomic mass is 16.3. The zero-order chi connectivity index (χ0) is 18.2. The molecule has 0 atom stereocenters. The third kappa shape index (κ3) is 3.36. The number of hydrogen-bond acceptors (Lipinski definition) is 6. The van der Waals surface area contributed by atoms with Crippen LogP contribution in [0.2, 0.25) is 0 Å². The van der Waals surface area contributed by atoms with Crippen molar-refractivity contribution in [3.8, 4) is 11.5 Å². The van der Waals surface area contributed by atoms with E-state index in [1.54, 1.807) is 32.0 Å².